The number of nitrogens with zero attached hydrogens (tertiary/aromatic N) is 6. The van der Waals surface area contributed by atoms with Gasteiger partial charge >= 0.3 is 0 Å². The highest BCUT2D eigenvalue weighted by Gasteiger charge is 2.26. The van der Waals surface area contributed by atoms with E-state index in [4.69, 9.17) is 19.7 Å². The highest BCUT2D eigenvalue weighted by atomic mass is 16.5. The van der Waals surface area contributed by atoms with Crippen molar-refractivity contribution in [1.29, 1.82) is 0 Å². The van der Waals surface area contributed by atoms with Gasteiger partial charge in [-0.05, 0) is 31.7 Å². The van der Waals surface area contributed by atoms with Crippen LogP contribution in [0.2, 0.25) is 0 Å². The van der Waals surface area contributed by atoms with E-state index in [0.29, 0.717) is 0 Å². The number of ether oxygens (including phenoxy) is 1. The molecule has 1 saturated carbocycles. The number of aryl methyl sites for hydroxylation is 1. The fraction of sp³-hybridized carbons (Fsp3) is 0.458. The van der Waals surface area contributed by atoms with Crippen LogP contribution < -0.4 is 15.3 Å². The Morgan fingerprint density at radius 1 is 1.12 bits per heavy atom. The maximum atomic E-state index is 5.60. The average Bonchev–Trinajstić information content (AvgIpc) is 3.57. The maximum Gasteiger partial charge on any atom is 0.164 e. The van der Waals surface area contributed by atoms with Crippen molar-refractivity contribution in [2.24, 2.45) is 10.9 Å². The van der Waals surface area contributed by atoms with Crippen molar-refractivity contribution in [2.75, 3.05) is 49.3 Å². The van der Waals surface area contributed by atoms with E-state index in [0.717, 1.165) is 85.9 Å². The van der Waals surface area contributed by atoms with E-state index in [1.165, 1.54) is 18.4 Å². The number of imidazole rings is 1. The second-order valence-electron chi connectivity index (χ2n) is 8.97. The lowest BCUT2D eigenvalue weighted by atomic mass is 10.1. The van der Waals surface area contributed by atoms with Crippen LogP contribution in [0.4, 0.5) is 11.5 Å². The number of amidine groups is 1. The highest BCUT2D eigenvalue weighted by molar-refractivity contribution is 6.00. The lowest BCUT2D eigenvalue weighted by Crippen LogP contribution is -2.48. The van der Waals surface area contributed by atoms with Gasteiger partial charge in [0.2, 0.25) is 0 Å². The van der Waals surface area contributed by atoms with Crippen LogP contribution in [0.5, 0.6) is 0 Å². The Hall–Kier alpha value is -3.13. The number of benzene rings is 1. The SMILES string of the molecule is Cc1cccc(C2=NCCN(c3cc(N4CCOCC4)c4ncn(CC5CC5)c4n3)N2)c1. The number of hydrogen-bond donors (Lipinski definition) is 1. The summed E-state index contributed by atoms with van der Waals surface area (Å²) in [4.78, 5) is 17.0. The fourth-order valence-corrected chi connectivity index (χ4v) is 4.50. The topological polar surface area (TPSA) is 70.8 Å². The van der Waals surface area contributed by atoms with Crippen LogP contribution in [0.1, 0.15) is 24.0 Å². The summed E-state index contributed by atoms with van der Waals surface area (Å²) in [6.07, 6.45) is 4.58. The molecule has 0 amide bonds. The molecule has 2 aliphatic heterocycles. The molecular weight excluding hydrogens is 402 g/mol. The van der Waals surface area contributed by atoms with E-state index in [2.05, 4.69) is 57.2 Å². The molecule has 4 heterocycles. The summed E-state index contributed by atoms with van der Waals surface area (Å²) >= 11 is 0. The normalized spacial score (nSPS) is 19.2. The van der Waals surface area contributed by atoms with E-state index in [-0.39, 0.29) is 0 Å². The van der Waals surface area contributed by atoms with Gasteiger partial charge in [-0.1, -0.05) is 23.8 Å². The molecule has 32 heavy (non-hydrogen) atoms. The van der Waals surface area contributed by atoms with E-state index < -0.39 is 0 Å². The Balaban J connectivity index is 1.37. The molecule has 3 aliphatic rings. The van der Waals surface area contributed by atoms with Crippen molar-refractivity contribution in [3.05, 3.63) is 47.8 Å². The maximum absolute atomic E-state index is 5.60. The van der Waals surface area contributed by atoms with Gasteiger partial charge in [0.05, 0.1) is 38.3 Å². The van der Waals surface area contributed by atoms with Crippen molar-refractivity contribution in [1.82, 2.24) is 20.0 Å². The van der Waals surface area contributed by atoms with Gasteiger partial charge in [0.1, 0.15) is 11.4 Å². The molecule has 0 atom stereocenters. The number of fused-ring (bicyclic) bond motifs is 1. The van der Waals surface area contributed by atoms with Gasteiger partial charge in [-0.25, -0.2) is 9.97 Å². The summed E-state index contributed by atoms with van der Waals surface area (Å²) < 4.78 is 7.83. The Morgan fingerprint density at radius 2 is 2.00 bits per heavy atom. The lowest BCUT2D eigenvalue weighted by molar-refractivity contribution is 0.123. The molecule has 0 bridgehead atoms. The first-order valence-electron chi connectivity index (χ1n) is 11.6. The Morgan fingerprint density at radius 3 is 2.81 bits per heavy atom. The number of aliphatic imine (C=N–C) groups is 1. The van der Waals surface area contributed by atoms with Crippen LogP contribution in [0.15, 0.2) is 41.7 Å². The predicted octanol–water partition coefficient (Wildman–Crippen LogP) is 2.76. The molecule has 0 radical (unpaired) electrons. The van der Waals surface area contributed by atoms with E-state index in [1.54, 1.807) is 0 Å². The molecule has 8 nitrogen and oxygen atoms in total. The predicted molar refractivity (Wildman–Crippen MR) is 126 cm³/mol. The molecule has 2 fully saturated rings. The summed E-state index contributed by atoms with van der Waals surface area (Å²) in [5.74, 6) is 2.57. The number of rotatable bonds is 5. The monoisotopic (exact) mass is 431 g/mol. The second kappa shape index (κ2) is 8.09. The third kappa shape index (κ3) is 3.79. The van der Waals surface area contributed by atoms with Gasteiger partial charge in [0.25, 0.3) is 0 Å². The third-order valence-electron chi connectivity index (χ3n) is 6.44. The molecule has 3 aromatic rings. The van der Waals surface area contributed by atoms with Crippen molar-refractivity contribution >= 4 is 28.5 Å². The summed E-state index contributed by atoms with van der Waals surface area (Å²) in [6, 6.07) is 10.6. The zero-order valence-corrected chi connectivity index (χ0v) is 18.5. The van der Waals surface area contributed by atoms with Gasteiger partial charge in [-0.15, -0.1) is 0 Å². The smallest absolute Gasteiger partial charge is 0.164 e. The molecule has 166 valence electrons. The number of hydrazine groups is 1. The van der Waals surface area contributed by atoms with Crippen LogP contribution >= 0.6 is 0 Å². The molecule has 0 spiro atoms. The molecular formula is C24H29N7O. The van der Waals surface area contributed by atoms with Gasteiger partial charge in [0.15, 0.2) is 11.5 Å². The molecule has 2 aromatic heterocycles. The van der Waals surface area contributed by atoms with Crippen LogP contribution in [0.25, 0.3) is 11.2 Å². The number of hydrogen-bond acceptors (Lipinski definition) is 7. The quantitative estimate of drug-likeness (QED) is 0.670. The Labute approximate surface area is 187 Å². The van der Waals surface area contributed by atoms with Crippen LogP contribution in [0.3, 0.4) is 0 Å². The average molecular weight is 432 g/mol. The minimum atomic E-state index is 0.726. The Kier molecular flexibility index (Phi) is 4.94. The highest BCUT2D eigenvalue weighted by Crippen LogP contribution is 2.34. The van der Waals surface area contributed by atoms with Crippen molar-refractivity contribution in [2.45, 2.75) is 26.3 Å². The van der Waals surface area contributed by atoms with E-state index >= 15 is 0 Å². The van der Waals surface area contributed by atoms with Gasteiger partial charge in [0, 0.05) is 31.3 Å². The third-order valence-corrected chi connectivity index (χ3v) is 6.44. The number of pyridine rings is 1. The summed E-state index contributed by atoms with van der Waals surface area (Å²) in [6.45, 7) is 7.84. The molecule has 1 N–H and O–H groups in total. The molecule has 6 rings (SSSR count). The first-order chi connectivity index (χ1) is 15.7. The summed E-state index contributed by atoms with van der Waals surface area (Å²) in [5.41, 5.74) is 8.94. The summed E-state index contributed by atoms with van der Waals surface area (Å²) in [7, 11) is 0. The van der Waals surface area contributed by atoms with Crippen molar-refractivity contribution in [3.8, 4) is 0 Å². The van der Waals surface area contributed by atoms with Crippen LogP contribution in [0, 0.1) is 12.8 Å². The van der Waals surface area contributed by atoms with E-state index in [9.17, 15) is 0 Å². The zero-order valence-electron chi connectivity index (χ0n) is 18.5. The minimum absolute atomic E-state index is 0.726. The molecule has 8 heteroatoms. The number of anilines is 2. The Bertz CT molecular complexity index is 1160. The van der Waals surface area contributed by atoms with Gasteiger partial charge in [-0.2, -0.15) is 0 Å². The van der Waals surface area contributed by atoms with Crippen LogP contribution in [-0.4, -0.2) is 59.8 Å². The molecule has 1 aliphatic carbocycles. The second-order valence-corrected chi connectivity index (χ2v) is 8.97. The zero-order chi connectivity index (χ0) is 21.5. The minimum Gasteiger partial charge on any atom is -0.378 e. The number of aromatic nitrogens is 3. The molecule has 0 unspecified atom stereocenters. The fourth-order valence-electron chi connectivity index (χ4n) is 4.50. The first kappa shape index (κ1) is 19.5. The largest absolute Gasteiger partial charge is 0.378 e. The summed E-state index contributed by atoms with van der Waals surface area (Å²) in [5, 5.41) is 2.13. The van der Waals surface area contributed by atoms with E-state index in [1.807, 2.05) is 6.33 Å². The number of morpholine rings is 1. The first-order valence-corrected chi connectivity index (χ1v) is 11.6. The van der Waals surface area contributed by atoms with Gasteiger partial charge in [-0.3, -0.25) is 15.4 Å². The van der Waals surface area contributed by atoms with Gasteiger partial charge < -0.3 is 14.2 Å². The molecule has 1 aromatic carbocycles. The number of nitrogens with one attached hydrogen (secondary N) is 1. The molecule has 1 saturated heterocycles. The lowest BCUT2D eigenvalue weighted by Gasteiger charge is -2.32. The van der Waals surface area contributed by atoms with Crippen LogP contribution in [-0.2, 0) is 11.3 Å². The van der Waals surface area contributed by atoms with Crippen molar-refractivity contribution in [3.63, 3.8) is 0 Å². The standard InChI is InChI=1S/C24H29N7O/c1-17-3-2-4-19(13-17)23-25-7-8-31(28-23)21-14-20(29-9-11-32-12-10-29)22-24(27-21)30(16-26-22)15-18-5-6-18/h2-4,13-14,16,18H,5-12,15H2,1H3,(H,25,28). The van der Waals surface area contributed by atoms with Crippen molar-refractivity contribution < 1.29 is 4.74 Å².